The van der Waals surface area contributed by atoms with Crippen LogP contribution in [0.15, 0.2) is 16.0 Å². The largest absolute Gasteiger partial charge is 0.480 e. The van der Waals surface area contributed by atoms with Crippen molar-refractivity contribution in [3.8, 4) is 0 Å². The molecule has 2 atom stereocenters. The van der Waals surface area contributed by atoms with E-state index >= 15 is 0 Å². The van der Waals surface area contributed by atoms with E-state index < -0.39 is 11.5 Å². The van der Waals surface area contributed by atoms with Crippen LogP contribution in [0.4, 0.5) is 0 Å². The van der Waals surface area contributed by atoms with Gasteiger partial charge in [0.1, 0.15) is 5.54 Å². The first-order chi connectivity index (χ1) is 9.24. The van der Waals surface area contributed by atoms with Crippen LogP contribution in [-0.2, 0) is 11.2 Å². The Kier molecular flexibility index (Phi) is 5.76. The Labute approximate surface area is 122 Å². The zero-order chi connectivity index (χ0) is 15.3. The highest BCUT2D eigenvalue weighted by molar-refractivity contribution is 7.99. The number of thioether (sulfide) groups is 1. The molecular formula is C13H21N3O3S. The molecule has 0 spiro atoms. The van der Waals surface area contributed by atoms with Crippen LogP contribution in [0, 0.1) is 0 Å². The number of H-pyrrole nitrogens is 1. The number of aryl methyl sites for hydroxylation is 1. The first-order valence-electron chi connectivity index (χ1n) is 6.53. The van der Waals surface area contributed by atoms with Crippen LogP contribution in [0.3, 0.4) is 0 Å². The monoisotopic (exact) mass is 299 g/mol. The number of nitrogens with zero attached hydrogens (tertiary/aromatic N) is 1. The average Bonchev–Trinajstić information content (AvgIpc) is 2.26. The molecule has 1 aromatic heterocycles. The molecule has 1 rings (SSSR count). The van der Waals surface area contributed by atoms with Gasteiger partial charge in [-0.25, -0.2) is 4.98 Å². The summed E-state index contributed by atoms with van der Waals surface area (Å²) in [5.41, 5.74) is 4.99. The molecule has 6 nitrogen and oxygen atoms in total. The fourth-order valence-corrected chi connectivity index (χ4v) is 2.98. The number of nitrogens with two attached hydrogens (primary N) is 1. The lowest BCUT2D eigenvalue weighted by molar-refractivity contribution is -0.142. The highest BCUT2D eigenvalue weighted by atomic mass is 32.2. The SMILES string of the molecule is CCCc1cc(=O)[nH]c(SC(C)CC(C)(N)C(=O)O)n1. The van der Waals surface area contributed by atoms with Gasteiger partial charge in [-0.15, -0.1) is 0 Å². The van der Waals surface area contributed by atoms with E-state index in [2.05, 4.69) is 9.97 Å². The van der Waals surface area contributed by atoms with Crippen molar-refractivity contribution in [1.82, 2.24) is 9.97 Å². The number of aromatic amines is 1. The third-order valence-corrected chi connectivity index (χ3v) is 3.78. The summed E-state index contributed by atoms with van der Waals surface area (Å²) in [6, 6.07) is 1.49. The number of hydrogen-bond donors (Lipinski definition) is 3. The molecule has 1 aromatic rings. The standard InChI is InChI=1S/C13H21N3O3S/c1-4-5-9-6-10(17)16-12(15-9)20-8(2)7-13(3,14)11(18)19/h6,8H,4-5,7,14H2,1-3H3,(H,18,19)(H,15,16,17). The number of aliphatic carboxylic acids is 1. The van der Waals surface area contributed by atoms with Crippen LogP contribution in [0.1, 0.15) is 39.3 Å². The zero-order valence-corrected chi connectivity index (χ0v) is 12.8. The molecule has 2 unspecified atom stereocenters. The summed E-state index contributed by atoms with van der Waals surface area (Å²) < 4.78 is 0. The molecular weight excluding hydrogens is 278 g/mol. The maximum absolute atomic E-state index is 11.5. The summed E-state index contributed by atoms with van der Waals surface area (Å²) in [6.45, 7) is 5.37. The molecule has 0 fully saturated rings. The molecule has 0 aliphatic rings. The van der Waals surface area contributed by atoms with E-state index in [4.69, 9.17) is 10.8 Å². The van der Waals surface area contributed by atoms with Gasteiger partial charge in [-0.05, 0) is 19.8 Å². The molecule has 0 aromatic carbocycles. The minimum Gasteiger partial charge on any atom is -0.480 e. The van der Waals surface area contributed by atoms with Crippen molar-refractivity contribution >= 4 is 17.7 Å². The molecule has 0 saturated carbocycles. The second-order valence-electron chi connectivity index (χ2n) is 5.15. The molecule has 20 heavy (non-hydrogen) atoms. The van der Waals surface area contributed by atoms with Gasteiger partial charge in [-0.2, -0.15) is 0 Å². The molecule has 0 aliphatic carbocycles. The first kappa shape index (κ1) is 16.7. The van der Waals surface area contributed by atoms with Crippen LogP contribution in [-0.4, -0.2) is 31.8 Å². The summed E-state index contributed by atoms with van der Waals surface area (Å²) in [4.78, 5) is 29.5. The van der Waals surface area contributed by atoms with Gasteiger partial charge in [0.25, 0.3) is 5.56 Å². The smallest absolute Gasteiger partial charge is 0.323 e. The van der Waals surface area contributed by atoms with E-state index in [0.29, 0.717) is 5.16 Å². The summed E-state index contributed by atoms with van der Waals surface area (Å²) in [7, 11) is 0. The van der Waals surface area contributed by atoms with Crippen molar-refractivity contribution in [2.45, 2.75) is 56.0 Å². The van der Waals surface area contributed by atoms with E-state index in [9.17, 15) is 9.59 Å². The maximum Gasteiger partial charge on any atom is 0.323 e. The lowest BCUT2D eigenvalue weighted by Crippen LogP contribution is -2.46. The molecule has 0 amide bonds. The normalized spacial score (nSPS) is 15.6. The van der Waals surface area contributed by atoms with E-state index in [1.807, 2.05) is 13.8 Å². The molecule has 0 saturated heterocycles. The highest BCUT2D eigenvalue weighted by Crippen LogP contribution is 2.25. The Balaban J connectivity index is 2.78. The van der Waals surface area contributed by atoms with Gasteiger partial charge in [0, 0.05) is 17.0 Å². The van der Waals surface area contributed by atoms with Gasteiger partial charge >= 0.3 is 5.97 Å². The molecule has 0 bridgehead atoms. The number of hydrogen-bond acceptors (Lipinski definition) is 5. The number of carboxylic acid groups (broad SMARTS) is 1. The lowest BCUT2D eigenvalue weighted by Gasteiger charge is -2.22. The lowest BCUT2D eigenvalue weighted by atomic mass is 9.98. The van der Waals surface area contributed by atoms with Crippen LogP contribution < -0.4 is 11.3 Å². The topological polar surface area (TPSA) is 109 Å². The summed E-state index contributed by atoms with van der Waals surface area (Å²) >= 11 is 1.33. The second kappa shape index (κ2) is 6.90. The predicted molar refractivity (Wildman–Crippen MR) is 79.0 cm³/mol. The number of carbonyl (C=O) groups is 1. The predicted octanol–water partition coefficient (Wildman–Crippen LogP) is 1.40. The average molecular weight is 299 g/mol. The van der Waals surface area contributed by atoms with E-state index in [-0.39, 0.29) is 17.2 Å². The van der Waals surface area contributed by atoms with E-state index in [1.165, 1.54) is 24.8 Å². The van der Waals surface area contributed by atoms with Gasteiger partial charge in [-0.3, -0.25) is 9.59 Å². The third kappa shape index (κ3) is 4.97. The molecule has 4 N–H and O–H groups in total. The molecule has 7 heteroatoms. The van der Waals surface area contributed by atoms with Gasteiger partial charge in [-0.1, -0.05) is 32.0 Å². The summed E-state index contributed by atoms with van der Waals surface area (Å²) in [5.74, 6) is -1.04. The van der Waals surface area contributed by atoms with Crippen molar-refractivity contribution in [2.24, 2.45) is 5.73 Å². The van der Waals surface area contributed by atoms with Crippen molar-refractivity contribution in [3.05, 3.63) is 22.1 Å². The van der Waals surface area contributed by atoms with Crippen LogP contribution in [0.5, 0.6) is 0 Å². The summed E-state index contributed by atoms with van der Waals surface area (Å²) in [5, 5.41) is 9.45. The Morgan fingerprint density at radius 3 is 2.85 bits per heavy atom. The number of aromatic nitrogens is 2. The summed E-state index contributed by atoms with van der Waals surface area (Å²) in [6.07, 6.45) is 1.94. The maximum atomic E-state index is 11.5. The van der Waals surface area contributed by atoms with Crippen molar-refractivity contribution in [2.75, 3.05) is 0 Å². The Morgan fingerprint density at radius 2 is 2.30 bits per heavy atom. The van der Waals surface area contributed by atoms with Crippen LogP contribution >= 0.6 is 11.8 Å². The Hall–Kier alpha value is -1.34. The molecule has 0 aliphatic heterocycles. The fourth-order valence-electron chi connectivity index (χ4n) is 1.84. The third-order valence-electron chi connectivity index (χ3n) is 2.79. The first-order valence-corrected chi connectivity index (χ1v) is 7.41. The Bertz CT molecular complexity index is 528. The zero-order valence-electron chi connectivity index (χ0n) is 12.0. The molecule has 112 valence electrons. The van der Waals surface area contributed by atoms with Gasteiger partial charge < -0.3 is 15.8 Å². The second-order valence-corrected chi connectivity index (χ2v) is 6.57. The highest BCUT2D eigenvalue weighted by Gasteiger charge is 2.30. The van der Waals surface area contributed by atoms with Crippen molar-refractivity contribution in [1.29, 1.82) is 0 Å². The number of nitrogens with one attached hydrogen (secondary N) is 1. The quantitative estimate of drug-likeness (QED) is 0.518. The minimum absolute atomic E-state index is 0.0684. The van der Waals surface area contributed by atoms with E-state index in [0.717, 1.165) is 18.5 Å². The fraction of sp³-hybridized carbons (Fsp3) is 0.615. The molecule has 0 radical (unpaired) electrons. The molecule has 1 heterocycles. The van der Waals surface area contributed by atoms with Gasteiger partial charge in [0.2, 0.25) is 0 Å². The number of carboxylic acids is 1. The number of rotatable bonds is 7. The van der Waals surface area contributed by atoms with Crippen molar-refractivity contribution in [3.63, 3.8) is 0 Å². The van der Waals surface area contributed by atoms with Gasteiger partial charge in [0.05, 0.1) is 0 Å². The van der Waals surface area contributed by atoms with Crippen LogP contribution in [0.2, 0.25) is 0 Å². The van der Waals surface area contributed by atoms with Gasteiger partial charge in [0.15, 0.2) is 5.16 Å². The van der Waals surface area contributed by atoms with Crippen LogP contribution in [0.25, 0.3) is 0 Å². The Morgan fingerprint density at radius 1 is 1.65 bits per heavy atom. The van der Waals surface area contributed by atoms with E-state index in [1.54, 1.807) is 0 Å². The minimum atomic E-state index is -1.28. The van der Waals surface area contributed by atoms with Crippen molar-refractivity contribution < 1.29 is 9.90 Å².